The van der Waals surface area contributed by atoms with Crippen molar-refractivity contribution in [2.75, 3.05) is 11.4 Å². The van der Waals surface area contributed by atoms with Gasteiger partial charge in [-0.25, -0.2) is 9.78 Å². The summed E-state index contributed by atoms with van der Waals surface area (Å²) in [6, 6.07) is 0.346. The lowest BCUT2D eigenvalue weighted by molar-refractivity contribution is -0.153. The Hall–Kier alpha value is -3.02. The molecule has 0 bridgehead atoms. The third-order valence-corrected chi connectivity index (χ3v) is 7.73. The maximum Gasteiger partial charge on any atom is 0.328 e. The lowest BCUT2D eigenvalue weighted by Gasteiger charge is -2.55. The maximum absolute atomic E-state index is 13.3. The molecule has 0 unspecified atom stereocenters. The van der Waals surface area contributed by atoms with Gasteiger partial charge in [0.2, 0.25) is 11.8 Å². The summed E-state index contributed by atoms with van der Waals surface area (Å²) >= 11 is 8.30. The van der Waals surface area contributed by atoms with Crippen LogP contribution in [0.2, 0.25) is 5.02 Å². The van der Waals surface area contributed by atoms with Crippen molar-refractivity contribution in [1.82, 2.24) is 20.8 Å². The van der Waals surface area contributed by atoms with Crippen molar-refractivity contribution >= 4 is 57.4 Å². The van der Waals surface area contributed by atoms with Crippen LogP contribution < -0.4 is 15.5 Å². The fraction of sp³-hybridized carbons (Fsp3) is 0.381. The SMILES string of the molecule is C[C@H]1CN2c3c(cc4c(-c5nccs5)noc4c3Cl)CC3(C(=O)NC(=O)NC3=O)[C@@H]2[C@@H](C)O1. The minimum Gasteiger partial charge on any atom is -0.372 e. The molecule has 33 heavy (non-hydrogen) atoms. The molecule has 4 amide bonds. The van der Waals surface area contributed by atoms with Crippen LogP contribution >= 0.6 is 22.9 Å². The predicted molar refractivity (Wildman–Crippen MR) is 119 cm³/mol. The Morgan fingerprint density at radius 3 is 2.70 bits per heavy atom. The molecule has 2 fully saturated rings. The number of hydrogen-bond acceptors (Lipinski definition) is 9. The molecule has 1 aromatic carbocycles. The molecule has 2 N–H and O–H groups in total. The van der Waals surface area contributed by atoms with E-state index in [1.54, 1.807) is 6.20 Å². The summed E-state index contributed by atoms with van der Waals surface area (Å²) < 4.78 is 11.6. The number of carbonyl (C=O) groups is 3. The molecule has 12 heteroatoms. The van der Waals surface area contributed by atoms with E-state index in [1.807, 2.05) is 30.2 Å². The number of nitrogens with one attached hydrogen (secondary N) is 2. The number of ether oxygens (including phenoxy) is 1. The Labute approximate surface area is 196 Å². The van der Waals surface area contributed by atoms with Crippen molar-refractivity contribution in [1.29, 1.82) is 0 Å². The highest BCUT2D eigenvalue weighted by Gasteiger charge is 2.63. The van der Waals surface area contributed by atoms with Gasteiger partial charge >= 0.3 is 6.03 Å². The molecule has 3 aromatic rings. The molecule has 3 atom stereocenters. The molecule has 1 spiro atoms. The number of halogens is 1. The predicted octanol–water partition coefficient (Wildman–Crippen LogP) is 2.50. The summed E-state index contributed by atoms with van der Waals surface area (Å²) in [7, 11) is 0. The van der Waals surface area contributed by atoms with Crippen LogP contribution in [0.25, 0.3) is 21.7 Å². The van der Waals surface area contributed by atoms with Crippen molar-refractivity contribution in [2.45, 2.75) is 38.5 Å². The molecule has 0 aliphatic carbocycles. The molecule has 3 aliphatic heterocycles. The first-order valence-corrected chi connectivity index (χ1v) is 11.7. The number of aromatic nitrogens is 2. The maximum atomic E-state index is 13.3. The van der Waals surface area contributed by atoms with Gasteiger partial charge in [0.1, 0.15) is 15.7 Å². The van der Waals surface area contributed by atoms with E-state index in [2.05, 4.69) is 20.8 Å². The second kappa shape index (κ2) is 6.99. The third-order valence-electron chi connectivity index (χ3n) is 6.60. The number of morpholine rings is 1. The number of carbonyl (C=O) groups excluding carboxylic acids is 3. The fourth-order valence-electron chi connectivity index (χ4n) is 5.44. The summed E-state index contributed by atoms with van der Waals surface area (Å²) in [6.07, 6.45) is 1.04. The number of rotatable bonds is 1. The number of benzene rings is 1. The Balaban J connectivity index is 1.61. The van der Waals surface area contributed by atoms with Crippen molar-refractivity contribution in [3.8, 4) is 10.7 Å². The van der Waals surface area contributed by atoms with Gasteiger partial charge < -0.3 is 14.2 Å². The van der Waals surface area contributed by atoms with E-state index in [4.69, 9.17) is 20.9 Å². The number of thiazole rings is 1. The van der Waals surface area contributed by atoms with Gasteiger partial charge in [0.25, 0.3) is 0 Å². The van der Waals surface area contributed by atoms with Gasteiger partial charge in [-0.15, -0.1) is 11.3 Å². The van der Waals surface area contributed by atoms with Crippen LogP contribution in [0, 0.1) is 5.41 Å². The Morgan fingerprint density at radius 2 is 2.00 bits per heavy atom. The second-order valence-corrected chi connectivity index (χ2v) is 9.85. The summed E-state index contributed by atoms with van der Waals surface area (Å²) in [4.78, 5) is 44.7. The Morgan fingerprint density at radius 1 is 1.24 bits per heavy atom. The number of hydrogen-bond donors (Lipinski definition) is 2. The molecule has 0 saturated carbocycles. The van der Waals surface area contributed by atoms with Gasteiger partial charge in [-0.3, -0.25) is 20.2 Å². The molecule has 6 rings (SSSR count). The molecule has 3 aliphatic rings. The number of amides is 4. The number of fused-ring (bicyclic) bond motifs is 5. The number of barbiturate groups is 1. The third kappa shape index (κ3) is 2.73. The Kier molecular flexibility index (Phi) is 4.36. The summed E-state index contributed by atoms with van der Waals surface area (Å²) in [5, 5.41) is 12.3. The van der Waals surface area contributed by atoms with Gasteiger partial charge in [0, 0.05) is 18.1 Å². The standard InChI is InChI=1S/C21H18ClN5O5S/c1-8-7-27-14-10(5-11-13(17-23-3-4-33-17)26-32-15(11)12(14)22)6-21(16(27)9(2)31-8)18(28)24-20(30)25-19(21)29/h3-5,8-9,16H,6-7H2,1-2H3,(H2,24,25,28,29,30)/t8-,9+,16-/m0/s1. The number of anilines is 1. The minimum absolute atomic E-state index is 0.0364. The molecule has 2 saturated heterocycles. The zero-order valence-corrected chi connectivity index (χ0v) is 19.1. The van der Waals surface area contributed by atoms with E-state index in [0.29, 0.717) is 44.5 Å². The molecular formula is C21H18ClN5O5S. The highest BCUT2D eigenvalue weighted by atomic mass is 35.5. The zero-order valence-electron chi connectivity index (χ0n) is 17.5. The van der Waals surface area contributed by atoms with Crippen molar-refractivity contribution in [2.24, 2.45) is 5.41 Å². The normalized spacial score (nSPS) is 26.2. The monoisotopic (exact) mass is 487 g/mol. The van der Waals surface area contributed by atoms with E-state index >= 15 is 0 Å². The van der Waals surface area contributed by atoms with Crippen LogP contribution in [0.3, 0.4) is 0 Å². The fourth-order valence-corrected chi connectivity index (χ4v) is 6.44. The first-order chi connectivity index (χ1) is 15.8. The van der Waals surface area contributed by atoms with Crippen molar-refractivity contribution in [3.63, 3.8) is 0 Å². The lowest BCUT2D eigenvalue weighted by Crippen LogP contribution is -2.75. The van der Waals surface area contributed by atoms with E-state index < -0.39 is 35.4 Å². The molecule has 170 valence electrons. The molecule has 5 heterocycles. The van der Waals surface area contributed by atoms with Crippen LogP contribution in [0.4, 0.5) is 10.5 Å². The minimum atomic E-state index is -1.57. The van der Waals surface area contributed by atoms with E-state index in [9.17, 15) is 14.4 Å². The van der Waals surface area contributed by atoms with Gasteiger partial charge in [-0.2, -0.15) is 0 Å². The average molecular weight is 488 g/mol. The van der Waals surface area contributed by atoms with Gasteiger partial charge in [-0.05, 0) is 31.9 Å². The lowest BCUT2D eigenvalue weighted by atomic mass is 9.66. The van der Waals surface area contributed by atoms with Gasteiger partial charge in [-0.1, -0.05) is 16.8 Å². The number of nitrogens with zero attached hydrogens (tertiary/aromatic N) is 3. The molecular weight excluding hydrogens is 470 g/mol. The van der Waals surface area contributed by atoms with Crippen molar-refractivity contribution < 1.29 is 23.6 Å². The van der Waals surface area contributed by atoms with Gasteiger partial charge in [0.05, 0.1) is 29.3 Å². The molecule has 2 aromatic heterocycles. The van der Waals surface area contributed by atoms with Gasteiger partial charge in [0.15, 0.2) is 11.0 Å². The number of urea groups is 1. The topological polar surface area (TPSA) is 127 Å². The van der Waals surface area contributed by atoms with E-state index in [0.717, 1.165) is 0 Å². The second-order valence-electron chi connectivity index (χ2n) is 8.58. The largest absolute Gasteiger partial charge is 0.372 e. The Bertz CT molecular complexity index is 1320. The first-order valence-electron chi connectivity index (χ1n) is 10.4. The van der Waals surface area contributed by atoms with Crippen molar-refractivity contribution in [3.05, 3.63) is 28.2 Å². The first kappa shape index (κ1) is 20.6. The highest BCUT2D eigenvalue weighted by Crippen LogP contribution is 2.51. The van der Waals surface area contributed by atoms with Crippen LogP contribution in [0.5, 0.6) is 0 Å². The van der Waals surface area contributed by atoms with Crippen LogP contribution in [-0.2, 0) is 20.7 Å². The quantitative estimate of drug-likeness (QED) is 0.501. The summed E-state index contributed by atoms with van der Waals surface area (Å²) in [5.41, 5.74) is 0.745. The smallest absolute Gasteiger partial charge is 0.328 e. The van der Waals surface area contributed by atoms with Crippen LogP contribution in [0.1, 0.15) is 19.4 Å². The molecule has 10 nitrogen and oxygen atoms in total. The molecule has 0 radical (unpaired) electrons. The number of imide groups is 2. The highest BCUT2D eigenvalue weighted by molar-refractivity contribution is 7.13. The van der Waals surface area contributed by atoms with Crippen LogP contribution in [-0.4, -0.2) is 52.8 Å². The zero-order chi connectivity index (χ0) is 23.1. The average Bonchev–Trinajstić information content (AvgIpc) is 3.41. The van der Waals surface area contributed by atoms with E-state index in [-0.39, 0.29) is 12.5 Å². The van der Waals surface area contributed by atoms with E-state index in [1.165, 1.54) is 11.3 Å². The summed E-state index contributed by atoms with van der Waals surface area (Å²) in [5.74, 6) is -1.30. The van der Waals surface area contributed by atoms with Crippen LogP contribution in [0.15, 0.2) is 22.2 Å². The summed E-state index contributed by atoms with van der Waals surface area (Å²) in [6.45, 7) is 4.13.